The van der Waals surface area contributed by atoms with Gasteiger partial charge in [-0.2, -0.15) is 0 Å². The molecule has 0 amide bonds. The Labute approximate surface area is 260 Å². The molecule has 5 N–H and O–H groups in total. The molecule has 0 saturated carbocycles. The van der Waals surface area contributed by atoms with Gasteiger partial charge in [0, 0.05) is 30.3 Å². The largest absolute Gasteiger partial charge is 0.478 e. The molecular formula is C33H52O11. The van der Waals surface area contributed by atoms with Gasteiger partial charge in [-0.1, -0.05) is 47.3 Å². The zero-order chi connectivity index (χ0) is 34.3. The normalized spacial score (nSPS) is 18.0. The molecule has 0 aliphatic carbocycles. The van der Waals surface area contributed by atoms with Crippen LogP contribution >= 0.6 is 0 Å². The lowest BCUT2D eigenvalue weighted by Crippen LogP contribution is -2.36. The maximum absolute atomic E-state index is 12.8. The molecule has 0 rings (SSSR count). The molecule has 250 valence electrons. The fourth-order valence-corrected chi connectivity index (χ4v) is 4.90. The number of aliphatic hydroxyl groups excluding tert-OH is 3. The van der Waals surface area contributed by atoms with Crippen LogP contribution in [0.3, 0.4) is 0 Å². The monoisotopic (exact) mass is 624 g/mol. The predicted octanol–water partition coefficient (Wildman–Crippen LogP) is 4.03. The third-order valence-electron chi connectivity index (χ3n) is 8.13. The number of hydrogen-bond acceptors (Lipinski definition) is 9. The van der Waals surface area contributed by atoms with Gasteiger partial charge in [-0.25, -0.2) is 9.59 Å². The number of carbonyl (C=O) groups is 5. The van der Waals surface area contributed by atoms with Crippen LogP contribution in [-0.4, -0.2) is 79.4 Å². The van der Waals surface area contributed by atoms with Gasteiger partial charge in [-0.05, 0) is 63.0 Å². The van der Waals surface area contributed by atoms with Crippen molar-refractivity contribution in [2.24, 2.45) is 23.7 Å². The molecule has 0 aromatic rings. The molecule has 0 heterocycles. The number of ether oxygens (including phenoxy) is 1. The third-order valence-corrected chi connectivity index (χ3v) is 8.13. The first kappa shape index (κ1) is 40.9. The van der Waals surface area contributed by atoms with Gasteiger partial charge in [0.1, 0.15) is 11.9 Å². The highest BCUT2D eigenvalue weighted by atomic mass is 16.5. The molecule has 0 bridgehead atoms. The average Bonchev–Trinajstić information content (AvgIpc) is 2.92. The second kappa shape index (κ2) is 20.0. The first-order valence-electron chi connectivity index (χ1n) is 15.1. The smallest absolute Gasteiger partial charge is 0.334 e. The molecular weight excluding hydrogens is 572 g/mol. The molecule has 11 heteroatoms. The lowest BCUT2D eigenvalue weighted by molar-refractivity contribution is -0.154. The van der Waals surface area contributed by atoms with Gasteiger partial charge in [-0.3, -0.25) is 14.4 Å². The first-order chi connectivity index (χ1) is 20.4. The lowest BCUT2D eigenvalue weighted by atomic mass is 9.85. The molecule has 0 spiro atoms. The van der Waals surface area contributed by atoms with E-state index in [2.05, 4.69) is 6.58 Å². The highest BCUT2D eigenvalue weighted by Crippen LogP contribution is 2.24. The molecule has 0 aromatic heterocycles. The minimum Gasteiger partial charge on any atom is -0.478 e. The van der Waals surface area contributed by atoms with Crippen molar-refractivity contribution in [1.82, 2.24) is 0 Å². The van der Waals surface area contributed by atoms with E-state index in [0.29, 0.717) is 19.3 Å². The number of rotatable bonds is 22. The number of esters is 1. The summed E-state index contributed by atoms with van der Waals surface area (Å²) < 4.78 is 5.20. The Balaban J connectivity index is 4.86. The topological polar surface area (TPSA) is 196 Å². The van der Waals surface area contributed by atoms with E-state index in [0.717, 1.165) is 25.3 Å². The number of carboxylic acid groups (broad SMARTS) is 2. The van der Waals surface area contributed by atoms with Gasteiger partial charge < -0.3 is 30.3 Å². The summed E-state index contributed by atoms with van der Waals surface area (Å²) in [6.07, 6.45) is 0.221. The van der Waals surface area contributed by atoms with Crippen molar-refractivity contribution in [3.05, 3.63) is 35.5 Å². The van der Waals surface area contributed by atoms with Crippen LogP contribution in [0.25, 0.3) is 0 Å². The van der Waals surface area contributed by atoms with E-state index < -0.39 is 71.7 Å². The summed E-state index contributed by atoms with van der Waals surface area (Å²) in [5, 5.41) is 49.6. The summed E-state index contributed by atoms with van der Waals surface area (Å²) in [5.41, 5.74) is -0.557. The number of hydrogen-bond donors (Lipinski definition) is 5. The van der Waals surface area contributed by atoms with Gasteiger partial charge in [0.25, 0.3) is 0 Å². The van der Waals surface area contributed by atoms with E-state index in [1.54, 1.807) is 26.0 Å². The molecule has 0 unspecified atom stereocenters. The van der Waals surface area contributed by atoms with E-state index in [9.17, 15) is 44.4 Å². The van der Waals surface area contributed by atoms with Crippen molar-refractivity contribution < 1.29 is 54.2 Å². The van der Waals surface area contributed by atoms with Crippen LogP contribution in [0.4, 0.5) is 0 Å². The Bertz CT molecular complexity index is 1070. The maximum Gasteiger partial charge on any atom is 0.334 e. The van der Waals surface area contributed by atoms with Crippen LogP contribution in [0.5, 0.6) is 0 Å². The fraction of sp³-hybridized carbons (Fsp3) is 0.667. The van der Waals surface area contributed by atoms with Crippen molar-refractivity contribution in [2.45, 2.75) is 118 Å². The summed E-state index contributed by atoms with van der Waals surface area (Å²) in [6.45, 7) is 15.3. The molecule has 8 atom stereocenters. The Morgan fingerprint density at radius 2 is 1.41 bits per heavy atom. The second-order valence-corrected chi connectivity index (χ2v) is 12.0. The molecule has 0 aliphatic heterocycles. The van der Waals surface area contributed by atoms with Gasteiger partial charge in [0.05, 0.1) is 30.3 Å². The molecule has 11 nitrogen and oxygen atoms in total. The lowest BCUT2D eigenvalue weighted by Gasteiger charge is -2.27. The summed E-state index contributed by atoms with van der Waals surface area (Å²) in [6, 6.07) is 0. The molecule has 44 heavy (non-hydrogen) atoms. The predicted molar refractivity (Wildman–Crippen MR) is 164 cm³/mol. The van der Waals surface area contributed by atoms with Crippen LogP contribution in [-0.2, 0) is 28.7 Å². The molecule has 0 aromatic carbocycles. The Hall–Kier alpha value is -3.15. The molecule has 0 saturated heterocycles. The standard InChI is InChI=1S/C33H52O11/c1-9-24(10-2)15-25(34)14-19(4)13-18(3)11-12-26(35)21(6)28(37)16-27(36)20(5)23(8)44-30(39)17-29(38)31(33(42)43)22(7)32(40)41/h9,15,18-21,23,26-27,29,35-36,38H,1,10-14,16-17H2,2-8H3,(H,40,41)(H,42,43)/b24-15-,31-22-/t18-,19+,20+,21-,23+,26-,27+,29+/m0/s1. The highest BCUT2D eigenvalue weighted by Gasteiger charge is 2.31. The summed E-state index contributed by atoms with van der Waals surface area (Å²) in [4.78, 5) is 59.8. The van der Waals surface area contributed by atoms with Crippen molar-refractivity contribution in [2.75, 3.05) is 0 Å². The van der Waals surface area contributed by atoms with E-state index in [1.165, 1.54) is 6.92 Å². The zero-order valence-electron chi connectivity index (χ0n) is 27.1. The van der Waals surface area contributed by atoms with Crippen LogP contribution in [0, 0.1) is 23.7 Å². The summed E-state index contributed by atoms with van der Waals surface area (Å²) >= 11 is 0. The number of aliphatic carboxylic acids is 2. The minimum atomic E-state index is -1.92. The van der Waals surface area contributed by atoms with Crippen LogP contribution in [0.15, 0.2) is 35.5 Å². The Morgan fingerprint density at radius 3 is 1.91 bits per heavy atom. The highest BCUT2D eigenvalue weighted by molar-refractivity contribution is 5.99. The molecule has 0 aliphatic rings. The SMILES string of the molecule is C=C/C(=C/C(=O)C[C@H](C)C[C@@H](C)CC[C@H](O)[C@H](C)C(=O)C[C@@H](O)[C@H](C)[C@@H](C)OC(=O)C[C@@H](O)/C(C(=O)O)=C(\C)C(=O)O)CC. The van der Waals surface area contributed by atoms with Crippen molar-refractivity contribution in [3.8, 4) is 0 Å². The van der Waals surface area contributed by atoms with Crippen molar-refractivity contribution in [3.63, 3.8) is 0 Å². The Morgan fingerprint density at radius 1 is 0.818 bits per heavy atom. The zero-order valence-corrected chi connectivity index (χ0v) is 27.1. The summed E-state index contributed by atoms with van der Waals surface area (Å²) in [5.74, 6) is -5.64. The number of carbonyl (C=O) groups excluding carboxylic acids is 3. The Kier molecular flexibility index (Phi) is 18.6. The molecule has 0 fully saturated rings. The van der Waals surface area contributed by atoms with Crippen LogP contribution in [0.2, 0.25) is 0 Å². The quantitative estimate of drug-likeness (QED) is 0.0662. The van der Waals surface area contributed by atoms with Crippen molar-refractivity contribution >= 4 is 29.5 Å². The van der Waals surface area contributed by atoms with E-state index in [1.807, 2.05) is 20.8 Å². The van der Waals surface area contributed by atoms with Crippen LogP contribution in [0.1, 0.15) is 93.4 Å². The summed E-state index contributed by atoms with van der Waals surface area (Å²) in [7, 11) is 0. The average molecular weight is 625 g/mol. The number of Topliss-reactive ketones (excluding diaryl/α,β-unsaturated/α-hetero) is 1. The second-order valence-electron chi connectivity index (χ2n) is 12.0. The van der Waals surface area contributed by atoms with Gasteiger partial charge in [0.2, 0.25) is 0 Å². The third kappa shape index (κ3) is 14.5. The maximum atomic E-state index is 12.8. The first-order valence-corrected chi connectivity index (χ1v) is 15.1. The van der Waals surface area contributed by atoms with E-state index in [4.69, 9.17) is 9.84 Å². The van der Waals surface area contributed by atoms with Gasteiger partial charge in [-0.15, -0.1) is 0 Å². The number of ketones is 2. The van der Waals surface area contributed by atoms with Gasteiger partial charge in [0.15, 0.2) is 5.78 Å². The number of carboxylic acids is 2. The van der Waals surface area contributed by atoms with Crippen molar-refractivity contribution in [1.29, 1.82) is 0 Å². The van der Waals surface area contributed by atoms with E-state index >= 15 is 0 Å². The fourth-order valence-electron chi connectivity index (χ4n) is 4.90. The van der Waals surface area contributed by atoms with Crippen LogP contribution < -0.4 is 0 Å². The van der Waals surface area contributed by atoms with Gasteiger partial charge >= 0.3 is 17.9 Å². The molecule has 0 radical (unpaired) electrons. The van der Waals surface area contributed by atoms with E-state index in [-0.39, 0.29) is 29.8 Å². The minimum absolute atomic E-state index is 0.0606. The number of allylic oxidation sites excluding steroid dienone is 3. The number of aliphatic hydroxyl groups is 3.